The van der Waals surface area contributed by atoms with Crippen LogP contribution in [0.25, 0.3) is 11.1 Å². The van der Waals surface area contributed by atoms with Crippen LogP contribution < -0.4 is 5.73 Å². The van der Waals surface area contributed by atoms with Gasteiger partial charge in [-0.3, -0.25) is 4.68 Å². The van der Waals surface area contributed by atoms with Gasteiger partial charge in [0, 0.05) is 18.0 Å². The molecule has 0 saturated heterocycles. The number of nitrogens with two attached hydrogens (primary N) is 1. The Labute approximate surface area is 128 Å². The Morgan fingerprint density at radius 2 is 2.00 bits per heavy atom. The average molecular weight is 308 g/mol. The van der Waals surface area contributed by atoms with Crippen LogP contribution in [0.3, 0.4) is 0 Å². The van der Waals surface area contributed by atoms with Crippen LogP contribution in [0.1, 0.15) is 38.3 Å². The monoisotopic (exact) mass is 307 g/mol. The Morgan fingerprint density at radius 1 is 1.33 bits per heavy atom. The minimum atomic E-state index is -0.429. The molecule has 1 saturated carbocycles. The first-order chi connectivity index (χ1) is 9.94. The first kappa shape index (κ1) is 14.4. The maximum absolute atomic E-state index is 14.4. The Hall–Kier alpha value is -1.55. The SMILES string of the molecule is Cn1nc(C2(C)CCCC2)c(-c2cccc(Cl)c2F)c1N. The van der Waals surface area contributed by atoms with Crippen molar-refractivity contribution in [3.8, 4) is 11.1 Å². The highest BCUT2D eigenvalue weighted by atomic mass is 35.5. The van der Waals surface area contributed by atoms with Gasteiger partial charge in [-0.2, -0.15) is 5.10 Å². The molecule has 1 heterocycles. The van der Waals surface area contributed by atoms with Crippen LogP contribution in [0, 0.1) is 5.82 Å². The third-order valence-corrected chi connectivity index (χ3v) is 4.88. The molecule has 0 bridgehead atoms. The Kier molecular flexibility index (Phi) is 3.44. The maximum atomic E-state index is 14.4. The Morgan fingerprint density at radius 3 is 2.67 bits per heavy atom. The lowest BCUT2D eigenvalue weighted by atomic mass is 9.81. The van der Waals surface area contributed by atoms with E-state index in [9.17, 15) is 4.39 Å². The molecule has 0 radical (unpaired) electrons. The third-order valence-electron chi connectivity index (χ3n) is 4.59. The number of benzene rings is 1. The Balaban J connectivity index is 2.25. The summed E-state index contributed by atoms with van der Waals surface area (Å²) in [6.07, 6.45) is 4.45. The minimum Gasteiger partial charge on any atom is -0.383 e. The van der Waals surface area contributed by atoms with Crippen molar-refractivity contribution in [2.75, 3.05) is 5.73 Å². The fourth-order valence-corrected chi connectivity index (χ4v) is 3.49. The molecule has 21 heavy (non-hydrogen) atoms. The van der Waals surface area contributed by atoms with Gasteiger partial charge in [-0.25, -0.2) is 4.39 Å². The molecule has 2 aromatic rings. The smallest absolute Gasteiger partial charge is 0.149 e. The van der Waals surface area contributed by atoms with Crippen LogP contribution in [0.2, 0.25) is 5.02 Å². The van der Waals surface area contributed by atoms with E-state index in [1.165, 1.54) is 12.8 Å². The average Bonchev–Trinajstić information content (AvgIpc) is 3.01. The van der Waals surface area contributed by atoms with Crippen molar-refractivity contribution >= 4 is 17.4 Å². The molecule has 1 aliphatic carbocycles. The van der Waals surface area contributed by atoms with Gasteiger partial charge in [0.25, 0.3) is 0 Å². The molecule has 5 heteroatoms. The summed E-state index contributed by atoms with van der Waals surface area (Å²) in [5.74, 6) is 0.0565. The number of hydrogen-bond donors (Lipinski definition) is 1. The largest absolute Gasteiger partial charge is 0.383 e. The summed E-state index contributed by atoms with van der Waals surface area (Å²) in [6.45, 7) is 2.19. The summed E-state index contributed by atoms with van der Waals surface area (Å²) in [6, 6.07) is 5.01. The van der Waals surface area contributed by atoms with Gasteiger partial charge in [0.05, 0.1) is 16.3 Å². The molecule has 3 rings (SSSR count). The molecule has 2 N–H and O–H groups in total. The quantitative estimate of drug-likeness (QED) is 0.899. The molecule has 0 atom stereocenters. The van der Waals surface area contributed by atoms with Gasteiger partial charge in [-0.05, 0) is 18.9 Å². The van der Waals surface area contributed by atoms with Gasteiger partial charge in [-0.15, -0.1) is 0 Å². The zero-order valence-corrected chi connectivity index (χ0v) is 13.0. The summed E-state index contributed by atoms with van der Waals surface area (Å²) in [5.41, 5.74) is 8.16. The molecule has 1 fully saturated rings. The van der Waals surface area contributed by atoms with Crippen molar-refractivity contribution in [2.45, 2.75) is 38.0 Å². The highest BCUT2D eigenvalue weighted by Gasteiger charge is 2.37. The van der Waals surface area contributed by atoms with E-state index in [1.54, 1.807) is 29.9 Å². The molecule has 1 aromatic heterocycles. The van der Waals surface area contributed by atoms with Crippen molar-refractivity contribution in [3.05, 3.63) is 34.7 Å². The zero-order chi connectivity index (χ0) is 15.2. The number of nitrogens with zero attached hydrogens (tertiary/aromatic N) is 2. The van der Waals surface area contributed by atoms with Crippen molar-refractivity contribution in [3.63, 3.8) is 0 Å². The summed E-state index contributed by atoms with van der Waals surface area (Å²) in [5, 5.41) is 4.70. The summed E-state index contributed by atoms with van der Waals surface area (Å²) < 4.78 is 16.1. The summed E-state index contributed by atoms with van der Waals surface area (Å²) >= 11 is 5.93. The number of aromatic nitrogens is 2. The third kappa shape index (κ3) is 2.22. The van der Waals surface area contributed by atoms with E-state index in [4.69, 9.17) is 17.3 Å². The van der Waals surface area contributed by atoms with Gasteiger partial charge in [0.1, 0.15) is 11.6 Å². The number of anilines is 1. The first-order valence-corrected chi connectivity index (χ1v) is 7.59. The molecule has 3 nitrogen and oxygen atoms in total. The van der Waals surface area contributed by atoms with E-state index < -0.39 is 5.82 Å². The highest BCUT2D eigenvalue weighted by Crippen LogP contribution is 2.46. The topological polar surface area (TPSA) is 43.8 Å². The molecule has 0 spiro atoms. The number of halogens is 2. The van der Waals surface area contributed by atoms with E-state index in [-0.39, 0.29) is 10.4 Å². The van der Waals surface area contributed by atoms with Gasteiger partial charge in [-0.1, -0.05) is 43.5 Å². The highest BCUT2D eigenvalue weighted by molar-refractivity contribution is 6.31. The van der Waals surface area contributed by atoms with Crippen LogP contribution in [0.4, 0.5) is 10.2 Å². The molecular weight excluding hydrogens is 289 g/mol. The van der Waals surface area contributed by atoms with Crippen LogP contribution in [-0.4, -0.2) is 9.78 Å². The van der Waals surface area contributed by atoms with E-state index in [2.05, 4.69) is 12.0 Å². The van der Waals surface area contributed by atoms with Crippen LogP contribution in [-0.2, 0) is 12.5 Å². The predicted octanol–water partition coefficient (Wildman–Crippen LogP) is 4.29. The van der Waals surface area contributed by atoms with Crippen molar-refractivity contribution < 1.29 is 4.39 Å². The van der Waals surface area contributed by atoms with Crippen LogP contribution in [0.5, 0.6) is 0 Å². The number of nitrogen functional groups attached to an aromatic ring is 1. The lowest BCUT2D eigenvalue weighted by Crippen LogP contribution is -2.19. The minimum absolute atomic E-state index is 0.0422. The molecular formula is C16H19ClFN3. The van der Waals surface area contributed by atoms with E-state index in [0.29, 0.717) is 16.9 Å². The van der Waals surface area contributed by atoms with Crippen molar-refractivity contribution in [2.24, 2.45) is 7.05 Å². The van der Waals surface area contributed by atoms with E-state index in [1.807, 2.05) is 0 Å². The van der Waals surface area contributed by atoms with Gasteiger partial charge < -0.3 is 5.73 Å². The van der Waals surface area contributed by atoms with Crippen molar-refractivity contribution in [1.82, 2.24) is 9.78 Å². The Bertz CT molecular complexity index is 687. The maximum Gasteiger partial charge on any atom is 0.149 e. The second-order valence-corrected chi connectivity index (χ2v) is 6.51. The zero-order valence-electron chi connectivity index (χ0n) is 12.3. The van der Waals surface area contributed by atoms with Crippen LogP contribution in [0.15, 0.2) is 18.2 Å². The number of hydrogen-bond acceptors (Lipinski definition) is 2. The van der Waals surface area contributed by atoms with Gasteiger partial charge >= 0.3 is 0 Å². The van der Waals surface area contributed by atoms with E-state index in [0.717, 1.165) is 18.5 Å². The van der Waals surface area contributed by atoms with E-state index >= 15 is 0 Å². The van der Waals surface area contributed by atoms with Gasteiger partial charge in [0.2, 0.25) is 0 Å². The predicted molar refractivity (Wildman–Crippen MR) is 83.8 cm³/mol. The van der Waals surface area contributed by atoms with Crippen LogP contribution >= 0.6 is 11.6 Å². The second kappa shape index (κ2) is 5.02. The van der Waals surface area contributed by atoms with Gasteiger partial charge in [0.15, 0.2) is 0 Å². The fraction of sp³-hybridized carbons (Fsp3) is 0.438. The first-order valence-electron chi connectivity index (χ1n) is 7.21. The lowest BCUT2D eigenvalue weighted by molar-refractivity contribution is 0.469. The summed E-state index contributed by atoms with van der Waals surface area (Å²) in [7, 11) is 1.79. The summed E-state index contributed by atoms with van der Waals surface area (Å²) in [4.78, 5) is 0. The second-order valence-electron chi connectivity index (χ2n) is 6.10. The fourth-order valence-electron chi connectivity index (χ4n) is 3.31. The standard InChI is InChI=1S/C16H19ClFN3/c1-16(8-3-4-9-16)14-12(15(19)21(2)20-14)10-6-5-7-11(17)13(10)18/h5-7H,3-4,8-9,19H2,1-2H3. The molecule has 0 amide bonds. The normalized spacial score (nSPS) is 17.3. The lowest BCUT2D eigenvalue weighted by Gasteiger charge is -2.23. The van der Waals surface area contributed by atoms with Crippen molar-refractivity contribution in [1.29, 1.82) is 0 Å². The number of rotatable bonds is 2. The molecule has 1 aliphatic rings. The molecule has 0 aliphatic heterocycles. The molecule has 112 valence electrons. The molecule has 1 aromatic carbocycles. The molecule has 0 unspecified atom stereocenters. The number of aryl methyl sites for hydroxylation is 1.